The predicted octanol–water partition coefficient (Wildman–Crippen LogP) is 2.68. The second-order valence-corrected chi connectivity index (χ2v) is 7.53. The van der Waals surface area contributed by atoms with Crippen LogP contribution in [-0.2, 0) is 16.0 Å². The van der Waals surface area contributed by atoms with E-state index in [1.54, 1.807) is 23.6 Å². The van der Waals surface area contributed by atoms with Gasteiger partial charge in [-0.1, -0.05) is 29.3 Å². The number of aryl methyl sites for hydroxylation is 1. The minimum absolute atomic E-state index is 0.178. The van der Waals surface area contributed by atoms with Crippen LogP contribution in [0.2, 0.25) is 10.0 Å². The maximum absolute atomic E-state index is 12.2. The number of amides is 2. The van der Waals surface area contributed by atoms with Crippen LogP contribution in [0.1, 0.15) is 22.5 Å². The summed E-state index contributed by atoms with van der Waals surface area (Å²) in [4.78, 5) is 30.5. The van der Waals surface area contributed by atoms with Crippen LogP contribution in [0.25, 0.3) is 0 Å². The first kappa shape index (κ1) is 19.9. The van der Waals surface area contributed by atoms with Crippen molar-refractivity contribution < 1.29 is 14.3 Å². The van der Waals surface area contributed by atoms with Crippen molar-refractivity contribution in [1.29, 1.82) is 0 Å². The first-order chi connectivity index (χ1) is 13.0. The topological polar surface area (TPSA) is 83.6 Å². The monoisotopic (exact) mass is 428 g/mol. The lowest BCUT2D eigenvalue weighted by atomic mass is 10.1. The van der Waals surface area contributed by atoms with Gasteiger partial charge in [0.05, 0.1) is 13.2 Å². The van der Waals surface area contributed by atoms with Gasteiger partial charge in [0.25, 0.3) is 5.91 Å². The third-order valence-electron chi connectivity index (χ3n) is 3.96. The molecule has 0 bridgehead atoms. The fraction of sp³-hybridized carbons (Fsp3) is 0.353. The normalized spacial score (nSPS) is 14.1. The highest BCUT2D eigenvalue weighted by molar-refractivity contribution is 7.13. The van der Waals surface area contributed by atoms with Crippen molar-refractivity contribution in [3.63, 3.8) is 0 Å². The molecule has 1 saturated heterocycles. The third kappa shape index (κ3) is 5.55. The number of anilines is 1. The van der Waals surface area contributed by atoms with Gasteiger partial charge in [-0.05, 0) is 24.1 Å². The van der Waals surface area contributed by atoms with Crippen molar-refractivity contribution in [1.82, 2.24) is 15.8 Å². The summed E-state index contributed by atoms with van der Waals surface area (Å²) in [6.07, 6.45) is 0.618. The Morgan fingerprint density at radius 3 is 2.74 bits per heavy atom. The van der Waals surface area contributed by atoms with Gasteiger partial charge >= 0.3 is 0 Å². The van der Waals surface area contributed by atoms with Crippen molar-refractivity contribution in [2.45, 2.75) is 12.8 Å². The number of benzene rings is 1. The van der Waals surface area contributed by atoms with Gasteiger partial charge in [0.2, 0.25) is 5.91 Å². The van der Waals surface area contributed by atoms with Gasteiger partial charge in [0.1, 0.15) is 5.69 Å². The smallest absolute Gasteiger partial charge is 0.289 e. The molecule has 1 aromatic carbocycles. The minimum Gasteiger partial charge on any atom is -0.378 e. The fourth-order valence-electron chi connectivity index (χ4n) is 2.49. The molecule has 0 aliphatic carbocycles. The van der Waals surface area contributed by atoms with Gasteiger partial charge in [-0.15, -0.1) is 11.3 Å². The minimum atomic E-state index is -0.455. The number of carbonyl (C=O) groups excluding carboxylic acids is 2. The molecule has 2 N–H and O–H groups in total. The molecule has 2 heterocycles. The summed E-state index contributed by atoms with van der Waals surface area (Å²) >= 11 is 13.3. The summed E-state index contributed by atoms with van der Waals surface area (Å²) in [6, 6.07) is 5.13. The molecule has 7 nitrogen and oxygen atoms in total. The lowest BCUT2D eigenvalue weighted by molar-refractivity contribution is -0.121. The summed E-state index contributed by atoms with van der Waals surface area (Å²) in [5, 5.41) is 3.49. The van der Waals surface area contributed by atoms with E-state index in [9.17, 15) is 9.59 Å². The third-order valence-corrected chi connectivity index (χ3v) is 5.45. The van der Waals surface area contributed by atoms with E-state index in [2.05, 4.69) is 20.7 Å². The number of halogens is 2. The number of hydrogen-bond donors (Lipinski definition) is 2. The highest BCUT2D eigenvalue weighted by atomic mass is 35.5. The van der Waals surface area contributed by atoms with Crippen LogP contribution in [0.3, 0.4) is 0 Å². The van der Waals surface area contributed by atoms with E-state index in [0.717, 1.165) is 23.8 Å². The van der Waals surface area contributed by atoms with Crippen LogP contribution in [0.4, 0.5) is 5.13 Å². The number of morpholine rings is 1. The quantitative estimate of drug-likeness (QED) is 0.715. The molecule has 0 unspecified atom stereocenters. The standard InChI is InChI=1S/C17H18Cl2N4O3S/c18-12-3-1-11(13(19)9-12)2-4-15(24)21-22-16(25)14-10-27-17(20-14)23-5-7-26-8-6-23/h1,3,9-10H,2,4-8H2,(H,21,24)(H,22,25). The molecule has 3 rings (SSSR count). The Kier molecular flexibility index (Phi) is 6.89. The first-order valence-corrected chi connectivity index (χ1v) is 9.98. The van der Waals surface area contributed by atoms with Gasteiger partial charge in [-0.3, -0.25) is 20.4 Å². The Morgan fingerprint density at radius 2 is 2.00 bits per heavy atom. The highest BCUT2D eigenvalue weighted by Crippen LogP contribution is 2.22. The predicted molar refractivity (Wildman–Crippen MR) is 106 cm³/mol. The number of carbonyl (C=O) groups is 2. The van der Waals surface area contributed by atoms with E-state index in [-0.39, 0.29) is 18.0 Å². The molecular formula is C17H18Cl2N4O3S. The van der Waals surface area contributed by atoms with Crippen molar-refractivity contribution in [2.24, 2.45) is 0 Å². The molecule has 0 radical (unpaired) electrons. The van der Waals surface area contributed by atoms with Gasteiger partial charge in [-0.25, -0.2) is 4.98 Å². The van der Waals surface area contributed by atoms with Crippen LogP contribution in [-0.4, -0.2) is 43.1 Å². The zero-order valence-corrected chi connectivity index (χ0v) is 16.7. The Morgan fingerprint density at radius 1 is 1.22 bits per heavy atom. The summed E-state index contributed by atoms with van der Waals surface area (Å²) in [6.45, 7) is 2.79. The Balaban J connectivity index is 1.45. The highest BCUT2D eigenvalue weighted by Gasteiger charge is 2.17. The Hall–Kier alpha value is -1.87. The Bertz CT molecular complexity index is 824. The number of thiazole rings is 1. The lowest BCUT2D eigenvalue weighted by Gasteiger charge is -2.25. The summed E-state index contributed by atoms with van der Waals surface area (Å²) in [7, 11) is 0. The second kappa shape index (κ2) is 9.36. The van der Waals surface area contributed by atoms with E-state index in [1.807, 2.05) is 0 Å². The van der Waals surface area contributed by atoms with E-state index >= 15 is 0 Å². The second-order valence-electron chi connectivity index (χ2n) is 5.85. The van der Waals surface area contributed by atoms with Gasteiger partial charge < -0.3 is 9.64 Å². The largest absolute Gasteiger partial charge is 0.378 e. The van der Waals surface area contributed by atoms with Crippen molar-refractivity contribution in [3.05, 3.63) is 44.9 Å². The maximum atomic E-state index is 12.2. The average Bonchev–Trinajstić information content (AvgIpc) is 3.16. The SMILES string of the molecule is O=C(CCc1ccc(Cl)cc1Cl)NNC(=O)c1csc(N2CCOCC2)n1. The molecule has 1 aliphatic heterocycles. The van der Waals surface area contributed by atoms with Crippen LogP contribution < -0.4 is 15.8 Å². The zero-order valence-electron chi connectivity index (χ0n) is 14.3. The number of nitrogens with zero attached hydrogens (tertiary/aromatic N) is 2. The molecule has 1 fully saturated rings. The molecular weight excluding hydrogens is 411 g/mol. The van der Waals surface area contributed by atoms with Gasteiger partial charge in [0, 0.05) is 34.9 Å². The maximum Gasteiger partial charge on any atom is 0.289 e. The van der Waals surface area contributed by atoms with Gasteiger partial charge in [0.15, 0.2) is 5.13 Å². The van der Waals surface area contributed by atoms with E-state index < -0.39 is 5.91 Å². The zero-order chi connectivity index (χ0) is 19.2. The fourth-order valence-corrected chi connectivity index (χ4v) is 3.86. The number of aromatic nitrogens is 1. The van der Waals surface area contributed by atoms with Crippen molar-refractivity contribution in [3.8, 4) is 0 Å². The van der Waals surface area contributed by atoms with Crippen LogP contribution in [0.15, 0.2) is 23.6 Å². The molecule has 1 aromatic heterocycles. The summed E-state index contributed by atoms with van der Waals surface area (Å²) in [5.74, 6) is -0.776. The van der Waals surface area contributed by atoms with Crippen molar-refractivity contribution in [2.75, 3.05) is 31.2 Å². The molecule has 27 heavy (non-hydrogen) atoms. The number of hydrazine groups is 1. The molecule has 0 spiro atoms. The average molecular weight is 429 g/mol. The summed E-state index contributed by atoms with van der Waals surface area (Å²) < 4.78 is 5.30. The molecule has 144 valence electrons. The van der Waals surface area contributed by atoms with E-state index in [4.69, 9.17) is 27.9 Å². The molecule has 0 saturated carbocycles. The van der Waals surface area contributed by atoms with Crippen LogP contribution in [0, 0.1) is 0 Å². The lowest BCUT2D eigenvalue weighted by Crippen LogP contribution is -2.42. The molecule has 10 heteroatoms. The number of hydrogen-bond acceptors (Lipinski definition) is 6. The molecule has 0 atom stereocenters. The van der Waals surface area contributed by atoms with E-state index in [1.165, 1.54) is 11.3 Å². The first-order valence-electron chi connectivity index (χ1n) is 8.34. The number of rotatable bonds is 5. The Labute approximate surface area is 170 Å². The number of nitrogens with one attached hydrogen (secondary N) is 2. The van der Waals surface area contributed by atoms with Crippen LogP contribution >= 0.6 is 34.5 Å². The number of ether oxygens (including phenoxy) is 1. The van der Waals surface area contributed by atoms with Gasteiger partial charge in [-0.2, -0.15) is 0 Å². The molecule has 2 amide bonds. The van der Waals surface area contributed by atoms with Crippen molar-refractivity contribution >= 4 is 51.5 Å². The van der Waals surface area contributed by atoms with Crippen LogP contribution in [0.5, 0.6) is 0 Å². The molecule has 1 aliphatic rings. The van der Waals surface area contributed by atoms with E-state index in [0.29, 0.717) is 29.7 Å². The molecule has 2 aromatic rings. The summed E-state index contributed by atoms with van der Waals surface area (Å²) in [5.41, 5.74) is 5.86.